The second-order valence-electron chi connectivity index (χ2n) is 5.07. The molecule has 0 unspecified atom stereocenters. The molecule has 3 N–H and O–H groups in total. The van der Waals surface area contributed by atoms with E-state index in [9.17, 15) is 14.4 Å². The van der Waals surface area contributed by atoms with E-state index in [1.54, 1.807) is 22.0 Å². The molecule has 0 amide bonds. The molecule has 8 heteroatoms. The second kappa shape index (κ2) is 5.11. The quantitative estimate of drug-likeness (QED) is 0.518. The number of aromatic amines is 1. The van der Waals surface area contributed by atoms with Crippen LogP contribution in [0.15, 0.2) is 40.6 Å². The molecule has 24 heavy (non-hydrogen) atoms. The number of H-pyrrole nitrogens is 1. The molecule has 0 saturated carbocycles. The van der Waals surface area contributed by atoms with Crippen molar-refractivity contribution in [2.45, 2.75) is 0 Å². The van der Waals surface area contributed by atoms with Crippen molar-refractivity contribution < 1.29 is 8.79 Å². The number of nitrogens with two attached hydrogens (primary N) is 1. The maximum absolute atomic E-state index is 14.3. The lowest BCUT2D eigenvalue weighted by Crippen LogP contribution is -2.28. The van der Waals surface area contributed by atoms with Gasteiger partial charge in [0.1, 0.15) is 22.8 Å². The van der Waals surface area contributed by atoms with Crippen LogP contribution in [0.1, 0.15) is 5.56 Å². The fourth-order valence-corrected chi connectivity index (χ4v) is 3.45. The summed E-state index contributed by atoms with van der Waals surface area (Å²) in [5, 5.41) is 11.4. The zero-order chi connectivity index (χ0) is 16.8. The maximum Gasteiger partial charge on any atom is 0.319 e. The maximum atomic E-state index is 14.3. The first-order valence-electron chi connectivity index (χ1n) is 6.91. The highest BCUT2D eigenvalue weighted by Gasteiger charge is 2.26. The average molecular weight is 338 g/mol. The molecule has 0 atom stereocenters. The van der Waals surface area contributed by atoms with Gasteiger partial charge in [0.15, 0.2) is 0 Å². The van der Waals surface area contributed by atoms with Crippen LogP contribution in [0.4, 0.5) is 10.2 Å². The van der Waals surface area contributed by atoms with Gasteiger partial charge in [-0.1, -0.05) is 34.5 Å². The van der Waals surface area contributed by atoms with Crippen LogP contribution in [-0.2, 0) is 0 Å². The lowest BCUT2D eigenvalue weighted by Gasteiger charge is -2.08. The molecule has 0 spiro atoms. The largest absolute Gasteiger partial charge is 0.369 e. The zero-order valence-corrected chi connectivity index (χ0v) is 12.9. The molecule has 116 valence electrons. The summed E-state index contributed by atoms with van der Waals surface area (Å²) < 4.78 is 16.0. The van der Waals surface area contributed by atoms with Gasteiger partial charge in [0.05, 0.1) is 6.20 Å². The van der Waals surface area contributed by atoms with Gasteiger partial charge >= 0.3 is 5.56 Å². The Morgan fingerprint density at radius 3 is 2.92 bits per heavy atom. The predicted octanol–water partition coefficient (Wildman–Crippen LogP) is 1.98. The van der Waals surface area contributed by atoms with E-state index in [0.717, 1.165) is 0 Å². The van der Waals surface area contributed by atoms with Crippen molar-refractivity contribution >= 4 is 33.1 Å². The van der Waals surface area contributed by atoms with E-state index in [0.29, 0.717) is 4.96 Å². The van der Waals surface area contributed by atoms with Crippen LogP contribution in [-0.4, -0.2) is 9.97 Å². The molecule has 0 saturated heterocycles. The predicted molar refractivity (Wildman–Crippen MR) is 87.9 cm³/mol. The minimum Gasteiger partial charge on any atom is -0.369 e. The second-order valence-corrected chi connectivity index (χ2v) is 5.96. The van der Waals surface area contributed by atoms with Gasteiger partial charge < -0.3 is 5.73 Å². The summed E-state index contributed by atoms with van der Waals surface area (Å²) in [4.78, 5) is 20.1. The van der Waals surface area contributed by atoms with Crippen LogP contribution in [0.2, 0.25) is 0 Å². The lowest BCUT2D eigenvalue weighted by molar-refractivity contribution is -0.482. The van der Waals surface area contributed by atoms with E-state index in [4.69, 9.17) is 5.73 Å². The number of fused-ring (bicyclic) bond motifs is 3. The highest BCUT2D eigenvalue weighted by Crippen LogP contribution is 2.32. The summed E-state index contributed by atoms with van der Waals surface area (Å²) in [6.45, 7) is 0. The number of nitrogens with one attached hydrogen (secondary N) is 1. The van der Waals surface area contributed by atoms with Crippen LogP contribution >= 0.6 is 11.3 Å². The molecule has 3 heterocycles. The highest BCUT2D eigenvalue weighted by atomic mass is 32.1. The van der Waals surface area contributed by atoms with Crippen molar-refractivity contribution in [3.63, 3.8) is 0 Å². The van der Waals surface area contributed by atoms with Crippen molar-refractivity contribution in [1.82, 2.24) is 9.97 Å². The Hall–Kier alpha value is -3.31. The first-order valence-corrected chi connectivity index (χ1v) is 7.79. The Labute approximate surface area is 138 Å². The van der Waals surface area contributed by atoms with Crippen molar-refractivity contribution in [1.29, 1.82) is 5.26 Å². The van der Waals surface area contributed by atoms with E-state index in [-0.39, 0.29) is 33.5 Å². The van der Waals surface area contributed by atoms with Gasteiger partial charge in [0.25, 0.3) is 10.6 Å². The van der Waals surface area contributed by atoms with Crippen LogP contribution < -0.4 is 15.7 Å². The molecule has 0 bridgehead atoms. The summed E-state index contributed by atoms with van der Waals surface area (Å²) in [7, 11) is 0. The van der Waals surface area contributed by atoms with Crippen LogP contribution in [0.3, 0.4) is 0 Å². The SMILES string of the molecule is N#Cc1c(N)nc2c(c1-c1ccccc1F)c(=O)[nH]c1scc[n+]12. The number of halogens is 1. The number of thiazole rings is 1. The minimum absolute atomic E-state index is 0.0201. The van der Waals surface area contributed by atoms with Crippen molar-refractivity contribution in [3.8, 4) is 17.2 Å². The number of benzene rings is 1. The van der Waals surface area contributed by atoms with Gasteiger partial charge in [0.2, 0.25) is 5.82 Å². The third-order valence-electron chi connectivity index (χ3n) is 3.75. The standard InChI is InChI=1S/C16H8FN5OS/c17-10-4-2-1-3-8(10)11-9(7-18)13(19)20-14-12(11)15(23)21-16-22(14)5-6-24-16/h1-6H,(H2,19,20,23)/p+1. The van der Waals surface area contributed by atoms with Gasteiger partial charge in [-0.25, -0.2) is 9.37 Å². The summed E-state index contributed by atoms with van der Waals surface area (Å²) in [6.07, 6.45) is 1.72. The number of hydrogen-bond acceptors (Lipinski definition) is 5. The van der Waals surface area contributed by atoms with E-state index >= 15 is 0 Å². The highest BCUT2D eigenvalue weighted by molar-refractivity contribution is 7.14. The molecular weight excluding hydrogens is 329 g/mol. The molecule has 0 aliphatic rings. The number of anilines is 1. The molecule has 0 aliphatic heterocycles. The van der Waals surface area contributed by atoms with Gasteiger partial charge in [0, 0.05) is 16.5 Å². The summed E-state index contributed by atoms with van der Waals surface area (Å²) in [5.41, 5.74) is 6.02. The number of nitrogen functional groups attached to an aromatic ring is 1. The first-order chi connectivity index (χ1) is 11.6. The fraction of sp³-hybridized carbons (Fsp3) is 0. The number of hydrogen-bond donors (Lipinski definition) is 2. The van der Waals surface area contributed by atoms with E-state index < -0.39 is 11.4 Å². The van der Waals surface area contributed by atoms with Crippen LogP contribution in [0.25, 0.3) is 27.1 Å². The van der Waals surface area contributed by atoms with Gasteiger partial charge in [-0.3, -0.25) is 4.79 Å². The summed E-state index contributed by atoms with van der Waals surface area (Å²) >= 11 is 1.32. The number of nitrogens with zero attached hydrogens (tertiary/aromatic N) is 3. The Morgan fingerprint density at radius 2 is 2.17 bits per heavy atom. The van der Waals surface area contributed by atoms with E-state index in [1.807, 2.05) is 6.07 Å². The Bertz CT molecular complexity index is 1220. The topological polar surface area (TPSA) is 99.7 Å². The monoisotopic (exact) mass is 338 g/mol. The van der Waals surface area contributed by atoms with E-state index in [1.165, 1.54) is 29.5 Å². The molecule has 4 rings (SSSR count). The van der Waals surface area contributed by atoms with Crippen molar-refractivity contribution in [3.05, 3.63) is 57.6 Å². The third kappa shape index (κ3) is 1.89. The van der Waals surface area contributed by atoms with Gasteiger partial charge in [-0.05, 0) is 6.07 Å². The van der Waals surface area contributed by atoms with E-state index in [2.05, 4.69) is 9.97 Å². The molecule has 0 aliphatic carbocycles. The van der Waals surface area contributed by atoms with Crippen molar-refractivity contribution in [2.75, 3.05) is 5.73 Å². The molecule has 0 fully saturated rings. The molecule has 6 nitrogen and oxygen atoms in total. The smallest absolute Gasteiger partial charge is 0.319 e. The number of nitriles is 1. The molecule has 0 radical (unpaired) electrons. The molecule has 3 aromatic heterocycles. The third-order valence-corrected chi connectivity index (χ3v) is 4.53. The number of aromatic nitrogens is 3. The summed E-state index contributed by atoms with van der Waals surface area (Å²) in [5.74, 6) is -0.593. The van der Waals surface area contributed by atoms with Gasteiger partial charge in [-0.2, -0.15) is 9.66 Å². The molecule has 1 aromatic carbocycles. The average Bonchev–Trinajstić information content (AvgIpc) is 3.03. The molecular formula is C16H9FN5OS+. The van der Waals surface area contributed by atoms with Gasteiger partial charge in [-0.15, -0.1) is 0 Å². The Balaban J connectivity index is 2.33. The normalized spacial score (nSPS) is 11.0. The number of rotatable bonds is 1. The van der Waals surface area contributed by atoms with Crippen LogP contribution in [0.5, 0.6) is 0 Å². The number of pyridine rings is 1. The Kier molecular flexibility index (Phi) is 3.04. The zero-order valence-electron chi connectivity index (χ0n) is 12.1. The Morgan fingerprint density at radius 1 is 1.38 bits per heavy atom. The fourth-order valence-electron chi connectivity index (χ4n) is 2.72. The summed E-state index contributed by atoms with van der Waals surface area (Å²) in [6, 6.07) is 7.88. The first kappa shape index (κ1) is 14.3. The lowest BCUT2D eigenvalue weighted by atomic mass is 9.97. The molecule has 4 aromatic rings. The minimum atomic E-state index is -0.546. The van der Waals surface area contributed by atoms with Crippen LogP contribution in [0, 0.1) is 17.1 Å². The van der Waals surface area contributed by atoms with Crippen molar-refractivity contribution in [2.24, 2.45) is 0 Å².